The van der Waals surface area contributed by atoms with E-state index in [0.29, 0.717) is 16.6 Å². The number of carbonyl (C=O) groups is 1. The molecule has 0 saturated carbocycles. The Labute approximate surface area is 173 Å². The van der Waals surface area contributed by atoms with E-state index in [0.717, 1.165) is 17.1 Å². The van der Waals surface area contributed by atoms with Crippen molar-refractivity contribution < 1.29 is 9.53 Å². The van der Waals surface area contributed by atoms with Gasteiger partial charge in [0.2, 0.25) is 5.91 Å². The fraction of sp³-hybridized carbons (Fsp3) is 0.0870. The van der Waals surface area contributed by atoms with Gasteiger partial charge in [-0.2, -0.15) is 0 Å². The summed E-state index contributed by atoms with van der Waals surface area (Å²) in [5.74, 6) is 0.490. The molecule has 0 aliphatic heterocycles. The molecule has 0 aliphatic carbocycles. The second kappa shape index (κ2) is 8.48. The average molecular weight is 400 g/mol. The quantitative estimate of drug-likeness (QED) is 0.514. The molecule has 7 heteroatoms. The van der Waals surface area contributed by atoms with E-state index >= 15 is 0 Å². The average Bonchev–Trinajstić information content (AvgIpc) is 2.78. The SMILES string of the molecule is COc1ccc(Nc2ccc(NC(=O)Cn3cnc4ccccc4c3=O)cc2)cc1. The summed E-state index contributed by atoms with van der Waals surface area (Å²) in [6, 6.07) is 22.0. The molecule has 4 aromatic rings. The Kier molecular flexibility index (Phi) is 5.43. The summed E-state index contributed by atoms with van der Waals surface area (Å²) < 4.78 is 6.45. The van der Waals surface area contributed by atoms with Crippen LogP contribution in [0.1, 0.15) is 0 Å². The van der Waals surface area contributed by atoms with Gasteiger partial charge < -0.3 is 15.4 Å². The molecule has 150 valence electrons. The van der Waals surface area contributed by atoms with Gasteiger partial charge in [-0.1, -0.05) is 12.1 Å². The minimum atomic E-state index is -0.301. The first-order valence-corrected chi connectivity index (χ1v) is 9.37. The largest absolute Gasteiger partial charge is 0.497 e. The van der Waals surface area contributed by atoms with Gasteiger partial charge in [-0.05, 0) is 60.7 Å². The van der Waals surface area contributed by atoms with Crippen molar-refractivity contribution in [3.63, 3.8) is 0 Å². The predicted octanol–water partition coefficient (Wildman–Crippen LogP) is 3.79. The predicted molar refractivity (Wildman–Crippen MR) is 117 cm³/mol. The molecule has 0 saturated heterocycles. The van der Waals surface area contributed by atoms with Crippen molar-refractivity contribution in [1.82, 2.24) is 9.55 Å². The normalized spacial score (nSPS) is 10.6. The van der Waals surface area contributed by atoms with E-state index in [1.54, 1.807) is 37.4 Å². The van der Waals surface area contributed by atoms with Gasteiger partial charge in [0.05, 0.1) is 24.3 Å². The number of nitrogens with one attached hydrogen (secondary N) is 2. The van der Waals surface area contributed by atoms with Crippen molar-refractivity contribution in [2.45, 2.75) is 6.54 Å². The third-order valence-electron chi connectivity index (χ3n) is 4.59. The van der Waals surface area contributed by atoms with Gasteiger partial charge in [0.15, 0.2) is 0 Å². The maximum atomic E-state index is 12.5. The molecule has 0 unspecified atom stereocenters. The Balaban J connectivity index is 1.40. The lowest BCUT2D eigenvalue weighted by Gasteiger charge is -2.10. The number of fused-ring (bicyclic) bond motifs is 1. The fourth-order valence-electron chi connectivity index (χ4n) is 3.05. The van der Waals surface area contributed by atoms with E-state index < -0.39 is 0 Å². The van der Waals surface area contributed by atoms with Crippen molar-refractivity contribution in [3.05, 3.63) is 89.5 Å². The number of aromatic nitrogens is 2. The first-order valence-electron chi connectivity index (χ1n) is 9.37. The molecule has 0 bridgehead atoms. The van der Waals surface area contributed by atoms with Crippen molar-refractivity contribution in [2.24, 2.45) is 0 Å². The smallest absolute Gasteiger partial charge is 0.261 e. The van der Waals surface area contributed by atoms with Crippen LogP contribution in [0.4, 0.5) is 17.1 Å². The second-order valence-corrected chi connectivity index (χ2v) is 6.67. The first kappa shape index (κ1) is 19.2. The van der Waals surface area contributed by atoms with E-state index in [4.69, 9.17) is 4.74 Å². The van der Waals surface area contributed by atoms with Crippen LogP contribution in [0.2, 0.25) is 0 Å². The summed E-state index contributed by atoms with van der Waals surface area (Å²) in [6.07, 6.45) is 1.39. The van der Waals surface area contributed by atoms with Gasteiger partial charge in [-0.3, -0.25) is 14.2 Å². The van der Waals surface area contributed by atoms with Crippen LogP contribution in [0.15, 0.2) is 83.9 Å². The lowest BCUT2D eigenvalue weighted by molar-refractivity contribution is -0.116. The monoisotopic (exact) mass is 400 g/mol. The van der Waals surface area contributed by atoms with Crippen LogP contribution in [-0.2, 0) is 11.3 Å². The molecule has 1 amide bonds. The molecule has 4 rings (SSSR count). The molecule has 0 spiro atoms. The van der Waals surface area contributed by atoms with E-state index in [-0.39, 0.29) is 18.0 Å². The van der Waals surface area contributed by atoms with Crippen LogP contribution in [0.5, 0.6) is 5.75 Å². The number of anilines is 3. The van der Waals surface area contributed by atoms with Crippen molar-refractivity contribution in [2.75, 3.05) is 17.7 Å². The van der Waals surface area contributed by atoms with E-state index in [1.165, 1.54) is 10.9 Å². The maximum Gasteiger partial charge on any atom is 0.261 e. The topological polar surface area (TPSA) is 85.2 Å². The fourth-order valence-corrected chi connectivity index (χ4v) is 3.05. The number of ether oxygens (including phenoxy) is 1. The summed E-state index contributed by atoms with van der Waals surface area (Å²) in [7, 11) is 1.63. The van der Waals surface area contributed by atoms with Crippen LogP contribution < -0.4 is 20.9 Å². The van der Waals surface area contributed by atoms with Crippen molar-refractivity contribution in [1.29, 1.82) is 0 Å². The standard InChI is InChI=1S/C23H20N4O3/c1-30-19-12-10-17(11-13-19)25-16-6-8-18(9-7-16)26-22(28)14-27-15-24-21-5-3-2-4-20(21)23(27)29/h2-13,15,25H,14H2,1H3,(H,26,28). The molecule has 0 fully saturated rings. The number of hydrogen-bond acceptors (Lipinski definition) is 5. The number of rotatable bonds is 6. The number of benzene rings is 3. The molecule has 1 aromatic heterocycles. The maximum absolute atomic E-state index is 12.5. The summed E-state index contributed by atoms with van der Waals surface area (Å²) >= 11 is 0. The van der Waals surface area contributed by atoms with E-state index in [1.807, 2.05) is 42.5 Å². The van der Waals surface area contributed by atoms with Crippen LogP contribution >= 0.6 is 0 Å². The van der Waals surface area contributed by atoms with Gasteiger partial charge in [0.1, 0.15) is 12.3 Å². The minimum Gasteiger partial charge on any atom is -0.497 e. The molecule has 1 heterocycles. The molecule has 30 heavy (non-hydrogen) atoms. The summed E-state index contributed by atoms with van der Waals surface area (Å²) in [5.41, 5.74) is 2.82. The van der Waals surface area contributed by atoms with Gasteiger partial charge in [-0.15, -0.1) is 0 Å². The number of hydrogen-bond donors (Lipinski definition) is 2. The second-order valence-electron chi connectivity index (χ2n) is 6.67. The number of carbonyl (C=O) groups excluding carboxylic acids is 1. The number of para-hydroxylation sites is 1. The highest BCUT2D eigenvalue weighted by atomic mass is 16.5. The third kappa shape index (κ3) is 4.30. The van der Waals surface area contributed by atoms with E-state index in [9.17, 15) is 9.59 Å². The highest BCUT2D eigenvalue weighted by molar-refractivity contribution is 5.91. The highest BCUT2D eigenvalue weighted by Crippen LogP contribution is 2.21. The van der Waals surface area contributed by atoms with Crippen LogP contribution in [-0.4, -0.2) is 22.6 Å². The van der Waals surface area contributed by atoms with Crippen LogP contribution in [0.25, 0.3) is 10.9 Å². The van der Waals surface area contributed by atoms with Crippen molar-refractivity contribution >= 4 is 33.9 Å². The molecule has 0 atom stereocenters. The number of nitrogens with zero attached hydrogens (tertiary/aromatic N) is 2. The zero-order valence-electron chi connectivity index (χ0n) is 16.3. The third-order valence-corrected chi connectivity index (χ3v) is 4.59. The van der Waals surface area contributed by atoms with Crippen LogP contribution in [0.3, 0.4) is 0 Å². The van der Waals surface area contributed by atoms with Gasteiger partial charge >= 0.3 is 0 Å². The van der Waals surface area contributed by atoms with E-state index in [2.05, 4.69) is 15.6 Å². The molecule has 0 aliphatic rings. The summed E-state index contributed by atoms with van der Waals surface area (Å²) in [5, 5.41) is 6.57. The molecular formula is C23H20N4O3. The van der Waals surface area contributed by atoms with Gasteiger partial charge in [0, 0.05) is 17.1 Å². The molecule has 2 N–H and O–H groups in total. The lowest BCUT2D eigenvalue weighted by Crippen LogP contribution is -2.27. The highest BCUT2D eigenvalue weighted by Gasteiger charge is 2.08. The zero-order valence-corrected chi connectivity index (χ0v) is 16.3. The molecule has 3 aromatic carbocycles. The molecular weight excluding hydrogens is 380 g/mol. The Morgan fingerprint density at radius 1 is 0.933 bits per heavy atom. The number of amides is 1. The van der Waals surface area contributed by atoms with Gasteiger partial charge in [0.25, 0.3) is 5.56 Å². The van der Waals surface area contributed by atoms with Gasteiger partial charge in [-0.25, -0.2) is 4.98 Å². The van der Waals surface area contributed by atoms with Crippen LogP contribution in [0, 0.1) is 0 Å². The zero-order chi connectivity index (χ0) is 20.9. The molecule has 7 nitrogen and oxygen atoms in total. The van der Waals surface area contributed by atoms with Crippen molar-refractivity contribution in [3.8, 4) is 5.75 Å². The Morgan fingerprint density at radius 3 is 2.27 bits per heavy atom. The Hall–Kier alpha value is -4.13. The molecule has 0 radical (unpaired) electrons. The summed E-state index contributed by atoms with van der Waals surface area (Å²) in [4.78, 5) is 29.1. The number of methoxy groups -OCH3 is 1. The Morgan fingerprint density at radius 2 is 1.57 bits per heavy atom. The minimum absolute atomic E-state index is 0.109. The lowest BCUT2D eigenvalue weighted by atomic mass is 10.2. The first-order chi connectivity index (χ1) is 14.6. The summed E-state index contributed by atoms with van der Waals surface area (Å²) in [6.45, 7) is -0.109. The Bertz CT molecular complexity index is 1230.